The first-order valence-corrected chi connectivity index (χ1v) is 16.8. The van der Waals surface area contributed by atoms with Crippen LogP contribution in [0.5, 0.6) is 11.8 Å². The van der Waals surface area contributed by atoms with E-state index in [-0.39, 0.29) is 0 Å². The SMILES string of the molecule is Cn1nc(-c2ccc(OCc3ccccc3)nc2OCc2ccccc2)c2cccc(N3CCN(C[C@H]4[C@H]5CN(C(=O)O)C[C@@H]45)CC3)c21. The molecule has 10 nitrogen and oxygen atoms in total. The fourth-order valence-corrected chi connectivity index (χ4v) is 7.57. The molecule has 0 unspecified atom stereocenters. The number of piperazine rings is 1. The van der Waals surface area contributed by atoms with Crippen molar-refractivity contribution < 1.29 is 19.4 Å². The quantitative estimate of drug-likeness (QED) is 0.205. The molecule has 3 aromatic carbocycles. The second-order valence-electron chi connectivity index (χ2n) is 13.2. The summed E-state index contributed by atoms with van der Waals surface area (Å²) in [5.74, 6) is 2.71. The van der Waals surface area contributed by atoms with Crippen LogP contribution < -0.4 is 14.4 Å². The molecule has 0 bridgehead atoms. The van der Waals surface area contributed by atoms with Crippen molar-refractivity contribution in [3.05, 3.63) is 102 Å². The van der Waals surface area contributed by atoms with Gasteiger partial charge in [-0.1, -0.05) is 72.8 Å². The molecule has 3 aliphatic rings. The van der Waals surface area contributed by atoms with E-state index in [4.69, 9.17) is 19.6 Å². The smallest absolute Gasteiger partial charge is 0.407 e. The molecule has 3 atom stereocenters. The topological polar surface area (TPSA) is 96.2 Å². The van der Waals surface area contributed by atoms with Gasteiger partial charge in [0.15, 0.2) is 0 Å². The van der Waals surface area contributed by atoms with Gasteiger partial charge in [-0.05, 0) is 41.0 Å². The van der Waals surface area contributed by atoms with E-state index >= 15 is 0 Å². The third kappa shape index (κ3) is 6.04. The van der Waals surface area contributed by atoms with Gasteiger partial charge in [0.1, 0.15) is 18.9 Å². The van der Waals surface area contributed by atoms with Crippen molar-refractivity contribution in [1.82, 2.24) is 24.6 Å². The molecule has 48 heavy (non-hydrogen) atoms. The molecule has 1 aliphatic carbocycles. The van der Waals surface area contributed by atoms with Crippen molar-refractivity contribution in [2.45, 2.75) is 13.2 Å². The van der Waals surface area contributed by atoms with E-state index < -0.39 is 6.09 Å². The van der Waals surface area contributed by atoms with E-state index in [0.29, 0.717) is 55.8 Å². The second kappa shape index (κ2) is 12.8. The first kappa shape index (κ1) is 30.3. The van der Waals surface area contributed by atoms with Gasteiger partial charge in [0.05, 0.1) is 16.8 Å². The molecule has 8 rings (SSSR count). The van der Waals surface area contributed by atoms with E-state index in [1.165, 1.54) is 5.69 Å². The number of pyridine rings is 1. The van der Waals surface area contributed by atoms with Crippen LogP contribution in [0.2, 0.25) is 0 Å². The van der Waals surface area contributed by atoms with E-state index in [1.54, 1.807) is 4.90 Å². The van der Waals surface area contributed by atoms with E-state index in [1.807, 2.05) is 84.5 Å². The summed E-state index contributed by atoms with van der Waals surface area (Å²) in [6.07, 6.45) is -0.779. The predicted octanol–water partition coefficient (Wildman–Crippen LogP) is 5.77. The van der Waals surface area contributed by atoms with Crippen LogP contribution in [-0.4, -0.2) is 81.6 Å². The van der Waals surface area contributed by atoms with Gasteiger partial charge in [0, 0.05) is 64.3 Å². The van der Waals surface area contributed by atoms with Gasteiger partial charge in [0.2, 0.25) is 11.8 Å². The molecule has 1 N–H and O–H groups in total. The Labute approximate surface area is 280 Å². The monoisotopic (exact) mass is 644 g/mol. The fraction of sp³-hybridized carbons (Fsp3) is 0.342. The third-order valence-corrected chi connectivity index (χ3v) is 10.2. The van der Waals surface area contributed by atoms with Crippen molar-refractivity contribution >= 4 is 22.7 Å². The lowest BCUT2D eigenvalue weighted by Gasteiger charge is -2.36. The van der Waals surface area contributed by atoms with Crippen LogP contribution in [0.4, 0.5) is 10.5 Å². The van der Waals surface area contributed by atoms with E-state index in [2.05, 4.69) is 28.0 Å². The number of hydrogen-bond donors (Lipinski definition) is 1. The average molecular weight is 645 g/mol. The van der Waals surface area contributed by atoms with Crippen molar-refractivity contribution in [3.63, 3.8) is 0 Å². The molecule has 2 saturated heterocycles. The first-order chi connectivity index (χ1) is 23.5. The minimum absolute atomic E-state index is 0.378. The zero-order chi connectivity index (χ0) is 32.6. The highest BCUT2D eigenvalue weighted by molar-refractivity contribution is 6.01. The van der Waals surface area contributed by atoms with Crippen LogP contribution in [0.15, 0.2) is 91.0 Å². The maximum absolute atomic E-state index is 11.3. The second-order valence-corrected chi connectivity index (χ2v) is 13.2. The maximum atomic E-state index is 11.3. The molecule has 3 fully saturated rings. The molecule has 246 valence electrons. The fourth-order valence-electron chi connectivity index (χ4n) is 7.57. The number of benzene rings is 3. The third-order valence-electron chi connectivity index (χ3n) is 10.2. The van der Waals surface area contributed by atoms with Gasteiger partial charge >= 0.3 is 6.09 Å². The summed E-state index contributed by atoms with van der Waals surface area (Å²) in [4.78, 5) is 22.7. The average Bonchev–Trinajstić information content (AvgIpc) is 3.40. The molecule has 2 aromatic heterocycles. The van der Waals surface area contributed by atoms with Crippen LogP contribution in [0.1, 0.15) is 11.1 Å². The van der Waals surface area contributed by atoms with Gasteiger partial charge in [0.25, 0.3) is 0 Å². The highest BCUT2D eigenvalue weighted by Gasteiger charge is 2.56. The number of anilines is 1. The number of aryl methyl sites for hydroxylation is 1. The standard InChI is InChI=1S/C38H40N6O4/c1-41-36-28(13-8-14-33(36)43-19-17-42(18-20-43)21-30-31-22-44(38(45)46)23-32(30)31)35(40-41)29-15-16-34(47-24-26-9-4-2-5-10-26)39-37(29)48-25-27-11-6-3-7-12-27/h2-16,30-32H,17-25H2,1H3,(H,45,46)/t30-,31+,32-. The summed E-state index contributed by atoms with van der Waals surface area (Å²) in [6.45, 7) is 7.12. The minimum atomic E-state index is -0.779. The highest BCUT2D eigenvalue weighted by atomic mass is 16.5. The maximum Gasteiger partial charge on any atom is 0.407 e. The summed E-state index contributed by atoms with van der Waals surface area (Å²) in [5, 5.41) is 15.4. The largest absolute Gasteiger partial charge is 0.473 e. The Kier molecular flexibility index (Phi) is 8.09. The van der Waals surface area contributed by atoms with Gasteiger partial charge in [-0.25, -0.2) is 4.79 Å². The van der Waals surface area contributed by atoms with Gasteiger partial charge in [-0.2, -0.15) is 10.1 Å². The molecule has 0 spiro atoms. The van der Waals surface area contributed by atoms with Crippen molar-refractivity contribution in [2.24, 2.45) is 24.8 Å². The summed E-state index contributed by atoms with van der Waals surface area (Å²) < 4.78 is 14.4. The van der Waals surface area contributed by atoms with E-state index in [0.717, 1.165) is 66.0 Å². The number of amides is 1. The van der Waals surface area contributed by atoms with Gasteiger partial charge in [-0.3, -0.25) is 9.58 Å². The minimum Gasteiger partial charge on any atom is -0.473 e. The number of piperidine rings is 1. The molecule has 5 aromatic rings. The molecule has 4 heterocycles. The molecule has 1 amide bonds. The Bertz CT molecular complexity index is 1900. The number of aromatic nitrogens is 3. The van der Waals surface area contributed by atoms with E-state index in [9.17, 15) is 9.90 Å². The number of carboxylic acid groups (broad SMARTS) is 1. The molecule has 10 heteroatoms. The zero-order valence-electron chi connectivity index (χ0n) is 27.1. The Morgan fingerprint density at radius 1 is 0.812 bits per heavy atom. The lowest BCUT2D eigenvalue weighted by atomic mass is 10.1. The van der Waals surface area contributed by atoms with Crippen LogP contribution in [0.3, 0.4) is 0 Å². The number of rotatable bonds is 10. The summed E-state index contributed by atoms with van der Waals surface area (Å²) >= 11 is 0. The summed E-state index contributed by atoms with van der Waals surface area (Å²) in [5.41, 5.74) is 6.04. The van der Waals surface area contributed by atoms with Crippen LogP contribution in [0, 0.1) is 17.8 Å². The predicted molar refractivity (Wildman–Crippen MR) is 184 cm³/mol. The Hall–Kier alpha value is -5.09. The van der Waals surface area contributed by atoms with Crippen LogP contribution in [-0.2, 0) is 20.3 Å². The number of carbonyl (C=O) groups is 1. The molecular formula is C38H40N6O4. The summed E-state index contributed by atoms with van der Waals surface area (Å²) in [7, 11) is 2.01. The van der Waals surface area contributed by atoms with Gasteiger partial charge in [-0.15, -0.1) is 0 Å². The molecule has 1 saturated carbocycles. The van der Waals surface area contributed by atoms with Crippen LogP contribution >= 0.6 is 0 Å². The normalized spacial score (nSPS) is 20.6. The number of fused-ring (bicyclic) bond motifs is 2. The number of hydrogen-bond acceptors (Lipinski definition) is 7. The lowest BCUT2D eigenvalue weighted by Crippen LogP contribution is -2.47. The Morgan fingerprint density at radius 3 is 2.15 bits per heavy atom. The Balaban J connectivity index is 1.01. The number of ether oxygens (including phenoxy) is 2. The first-order valence-electron chi connectivity index (χ1n) is 16.8. The van der Waals surface area contributed by atoms with Crippen LogP contribution in [0.25, 0.3) is 22.2 Å². The Morgan fingerprint density at radius 2 is 1.48 bits per heavy atom. The lowest BCUT2D eigenvalue weighted by molar-refractivity contribution is 0.145. The van der Waals surface area contributed by atoms with Gasteiger partial charge < -0.3 is 24.4 Å². The summed E-state index contributed by atoms with van der Waals surface area (Å²) in [6, 6.07) is 30.5. The molecule has 2 aliphatic heterocycles. The highest BCUT2D eigenvalue weighted by Crippen LogP contribution is 2.52. The van der Waals surface area contributed by atoms with Crippen molar-refractivity contribution in [1.29, 1.82) is 0 Å². The number of para-hydroxylation sites is 1. The number of nitrogens with zero attached hydrogens (tertiary/aromatic N) is 6. The number of likely N-dealkylation sites (tertiary alicyclic amines) is 1. The van der Waals surface area contributed by atoms with Crippen molar-refractivity contribution in [2.75, 3.05) is 50.7 Å². The molecule has 0 radical (unpaired) electrons. The zero-order valence-corrected chi connectivity index (χ0v) is 27.1. The molecular weight excluding hydrogens is 604 g/mol. The van der Waals surface area contributed by atoms with Crippen molar-refractivity contribution in [3.8, 4) is 23.0 Å².